The second-order valence-corrected chi connectivity index (χ2v) is 5.39. The maximum Gasteiger partial charge on any atom is 0.0563 e. The second kappa shape index (κ2) is 3.36. The number of hydrogen-bond donors (Lipinski definition) is 1. The molecule has 0 aromatic rings. The van der Waals surface area contributed by atoms with Gasteiger partial charge in [0.1, 0.15) is 0 Å². The highest BCUT2D eigenvalue weighted by molar-refractivity contribution is 8.00. The lowest BCUT2D eigenvalue weighted by Gasteiger charge is -2.38. The highest BCUT2D eigenvalue weighted by Crippen LogP contribution is 2.38. The van der Waals surface area contributed by atoms with E-state index in [1.165, 1.54) is 32.2 Å². The summed E-state index contributed by atoms with van der Waals surface area (Å²) in [6.45, 7) is 3.60. The highest BCUT2D eigenvalue weighted by atomic mass is 32.2. The van der Waals surface area contributed by atoms with Crippen molar-refractivity contribution in [3.05, 3.63) is 0 Å². The summed E-state index contributed by atoms with van der Waals surface area (Å²) in [7, 11) is 0. The van der Waals surface area contributed by atoms with Gasteiger partial charge < -0.3 is 5.32 Å². The van der Waals surface area contributed by atoms with E-state index in [-0.39, 0.29) is 0 Å². The summed E-state index contributed by atoms with van der Waals surface area (Å²) in [6.07, 6.45) is 5.76. The molecule has 1 saturated carbocycles. The zero-order valence-electron chi connectivity index (χ0n) is 7.18. The molecule has 0 spiro atoms. The molecule has 0 amide bonds. The lowest BCUT2D eigenvalue weighted by atomic mass is 9.85. The molecule has 2 rings (SSSR count). The Bertz CT molecular complexity index is 134. The molecule has 0 bridgehead atoms. The fourth-order valence-corrected chi connectivity index (χ4v) is 3.28. The molecule has 0 aromatic heterocycles. The summed E-state index contributed by atoms with van der Waals surface area (Å²) in [5.74, 6) is 1.00. The molecule has 2 fully saturated rings. The van der Waals surface area contributed by atoms with Gasteiger partial charge in [0.25, 0.3) is 0 Å². The first-order valence-electron chi connectivity index (χ1n) is 4.75. The highest BCUT2D eigenvalue weighted by Gasteiger charge is 2.30. The second-order valence-electron chi connectivity index (χ2n) is 3.80. The van der Waals surface area contributed by atoms with Crippen LogP contribution in [0.25, 0.3) is 0 Å². The van der Waals surface area contributed by atoms with E-state index in [2.05, 4.69) is 24.0 Å². The largest absolute Gasteiger partial charge is 0.305 e. The molecule has 1 N–H and O–H groups in total. The van der Waals surface area contributed by atoms with Crippen LogP contribution in [0.2, 0.25) is 0 Å². The molecule has 0 radical (unpaired) electrons. The van der Waals surface area contributed by atoms with E-state index in [0.717, 1.165) is 16.5 Å². The van der Waals surface area contributed by atoms with Gasteiger partial charge in [-0.15, -0.1) is 11.8 Å². The normalized spacial score (nSPS) is 40.1. The standard InChI is InChI=1S/C9H17NS/c1-7-5-6-10-9(11-7)8-3-2-4-8/h7-10H,2-6H2,1H3. The number of rotatable bonds is 1. The number of thioether (sulfide) groups is 1. The molecule has 64 valence electrons. The van der Waals surface area contributed by atoms with E-state index >= 15 is 0 Å². The maximum absolute atomic E-state index is 3.61. The Labute approximate surface area is 73.3 Å². The minimum absolute atomic E-state index is 0.799. The first-order chi connectivity index (χ1) is 5.36. The van der Waals surface area contributed by atoms with Crippen molar-refractivity contribution in [3.8, 4) is 0 Å². The van der Waals surface area contributed by atoms with Crippen molar-refractivity contribution in [2.24, 2.45) is 5.92 Å². The molecule has 2 atom stereocenters. The third-order valence-electron chi connectivity index (χ3n) is 2.85. The van der Waals surface area contributed by atoms with Crippen LogP contribution < -0.4 is 5.32 Å². The Morgan fingerprint density at radius 2 is 2.09 bits per heavy atom. The third kappa shape index (κ3) is 1.73. The van der Waals surface area contributed by atoms with Crippen molar-refractivity contribution in [2.75, 3.05) is 6.54 Å². The van der Waals surface area contributed by atoms with Gasteiger partial charge in [-0.1, -0.05) is 13.3 Å². The predicted molar refractivity (Wildman–Crippen MR) is 50.8 cm³/mol. The lowest BCUT2D eigenvalue weighted by molar-refractivity contribution is 0.278. The van der Waals surface area contributed by atoms with E-state index in [0.29, 0.717) is 0 Å². The van der Waals surface area contributed by atoms with Gasteiger partial charge in [-0.2, -0.15) is 0 Å². The SMILES string of the molecule is CC1CCNC(C2CCC2)S1. The molecule has 2 aliphatic rings. The zero-order chi connectivity index (χ0) is 7.68. The Kier molecular flexibility index (Phi) is 2.42. The minimum Gasteiger partial charge on any atom is -0.305 e. The first-order valence-corrected chi connectivity index (χ1v) is 5.69. The molecular weight excluding hydrogens is 154 g/mol. The predicted octanol–water partition coefficient (Wildman–Crippen LogP) is 2.23. The third-order valence-corrected chi connectivity index (χ3v) is 4.40. The lowest BCUT2D eigenvalue weighted by Crippen LogP contribution is -2.42. The van der Waals surface area contributed by atoms with Crippen molar-refractivity contribution >= 4 is 11.8 Å². The summed E-state index contributed by atoms with van der Waals surface area (Å²) in [5.41, 5.74) is 0. The number of hydrogen-bond acceptors (Lipinski definition) is 2. The summed E-state index contributed by atoms with van der Waals surface area (Å²) >= 11 is 2.16. The van der Waals surface area contributed by atoms with Crippen LogP contribution in [-0.4, -0.2) is 17.2 Å². The fraction of sp³-hybridized carbons (Fsp3) is 1.00. The topological polar surface area (TPSA) is 12.0 Å². The van der Waals surface area contributed by atoms with Gasteiger partial charge in [0.2, 0.25) is 0 Å². The van der Waals surface area contributed by atoms with Crippen molar-refractivity contribution < 1.29 is 0 Å². The van der Waals surface area contributed by atoms with Crippen LogP contribution in [0.15, 0.2) is 0 Å². The molecule has 1 aliphatic heterocycles. The van der Waals surface area contributed by atoms with Gasteiger partial charge >= 0.3 is 0 Å². The molecule has 2 unspecified atom stereocenters. The van der Waals surface area contributed by atoms with Gasteiger partial charge in [-0.25, -0.2) is 0 Å². The van der Waals surface area contributed by atoms with Gasteiger partial charge in [0.15, 0.2) is 0 Å². The molecule has 11 heavy (non-hydrogen) atoms. The Hall–Kier alpha value is 0.310. The summed E-state index contributed by atoms with van der Waals surface area (Å²) < 4.78 is 0. The molecule has 1 nitrogen and oxygen atoms in total. The van der Waals surface area contributed by atoms with E-state index in [9.17, 15) is 0 Å². The summed E-state index contributed by atoms with van der Waals surface area (Å²) in [6, 6.07) is 0. The van der Waals surface area contributed by atoms with E-state index < -0.39 is 0 Å². The van der Waals surface area contributed by atoms with E-state index in [4.69, 9.17) is 0 Å². The van der Waals surface area contributed by atoms with Crippen molar-refractivity contribution in [3.63, 3.8) is 0 Å². The molecule has 1 saturated heterocycles. The van der Waals surface area contributed by atoms with Crippen LogP contribution in [0, 0.1) is 5.92 Å². The fourth-order valence-electron chi connectivity index (χ4n) is 1.82. The number of nitrogens with one attached hydrogen (secondary N) is 1. The summed E-state index contributed by atoms with van der Waals surface area (Å²) in [4.78, 5) is 0. The van der Waals surface area contributed by atoms with Crippen LogP contribution in [-0.2, 0) is 0 Å². The van der Waals surface area contributed by atoms with Crippen LogP contribution in [0.5, 0.6) is 0 Å². The zero-order valence-corrected chi connectivity index (χ0v) is 7.99. The quantitative estimate of drug-likeness (QED) is 0.649. The Morgan fingerprint density at radius 3 is 2.64 bits per heavy atom. The van der Waals surface area contributed by atoms with Gasteiger partial charge in [0.05, 0.1) is 5.37 Å². The van der Waals surface area contributed by atoms with Gasteiger partial charge in [0, 0.05) is 5.25 Å². The smallest absolute Gasteiger partial charge is 0.0563 e. The summed E-state index contributed by atoms with van der Waals surface area (Å²) in [5, 5.41) is 5.30. The van der Waals surface area contributed by atoms with Crippen molar-refractivity contribution in [2.45, 2.75) is 43.2 Å². The molecular formula is C9H17NS. The van der Waals surface area contributed by atoms with E-state index in [1.54, 1.807) is 0 Å². The average molecular weight is 171 g/mol. The minimum atomic E-state index is 0.799. The van der Waals surface area contributed by atoms with Crippen molar-refractivity contribution in [1.82, 2.24) is 5.32 Å². The maximum atomic E-state index is 3.61. The Morgan fingerprint density at radius 1 is 1.27 bits per heavy atom. The van der Waals surface area contributed by atoms with Gasteiger partial charge in [-0.3, -0.25) is 0 Å². The molecule has 2 heteroatoms. The van der Waals surface area contributed by atoms with E-state index in [1.807, 2.05) is 0 Å². The molecule has 0 aromatic carbocycles. The van der Waals surface area contributed by atoms with Crippen LogP contribution in [0.1, 0.15) is 32.6 Å². The van der Waals surface area contributed by atoms with Crippen molar-refractivity contribution in [1.29, 1.82) is 0 Å². The monoisotopic (exact) mass is 171 g/mol. The molecule has 1 heterocycles. The van der Waals surface area contributed by atoms with Crippen LogP contribution in [0.3, 0.4) is 0 Å². The average Bonchev–Trinajstić information content (AvgIpc) is 1.83. The van der Waals surface area contributed by atoms with Crippen LogP contribution in [0.4, 0.5) is 0 Å². The Balaban J connectivity index is 1.82. The van der Waals surface area contributed by atoms with Gasteiger partial charge in [-0.05, 0) is 31.7 Å². The van der Waals surface area contributed by atoms with Crippen LogP contribution >= 0.6 is 11.8 Å². The first kappa shape index (κ1) is 7.93. The molecule has 1 aliphatic carbocycles.